The van der Waals surface area contributed by atoms with Crippen LogP contribution in [0.5, 0.6) is 0 Å². The van der Waals surface area contributed by atoms with Crippen molar-refractivity contribution in [3.63, 3.8) is 0 Å². The molecule has 3 heterocycles. The molecule has 30 heavy (non-hydrogen) atoms. The SMILES string of the molecule is O=C(NCC(=O)N1CCN(S(=O)(=O)c2ccc3[nH]c(=O)sc3c2)CC1)c1ccco1. The van der Waals surface area contributed by atoms with Crippen LogP contribution in [0.25, 0.3) is 10.2 Å². The fraction of sp³-hybridized carbons (Fsp3) is 0.278. The molecule has 2 aromatic heterocycles. The Labute approximate surface area is 175 Å². The number of carbonyl (C=O) groups is 2. The minimum absolute atomic E-state index is 0.107. The Bertz CT molecular complexity index is 1240. The van der Waals surface area contributed by atoms with E-state index in [9.17, 15) is 22.8 Å². The summed E-state index contributed by atoms with van der Waals surface area (Å²) in [6.45, 7) is 0.515. The number of aromatic nitrogens is 1. The zero-order valence-electron chi connectivity index (χ0n) is 15.7. The van der Waals surface area contributed by atoms with Gasteiger partial charge in [-0.15, -0.1) is 0 Å². The Kier molecular flexibility index (Phi) is 5.45. The molecule has 1 aromatic carbocycles. The first-order valence-electron chi connectivity index (χ1n) is 9.07. The minimum Gasteiger partial charge on any atom is -0.459 e. The Balaban J connectivity index is 1.36. The number of rotatable bonds is 5. The van der Waals surface area contributed by atoms with Crippen LogP contribution in [0.3, 0.4) is 0 Å². The average Bonchev–Trinajstić information content (AvgIpc) is 3.40. The maximum atomic E-state index is 12.9. The molecule has 1 saturated heterocycles. The van der Waals surface area contributed by atoms with E-state index in [0.29, 0.717) is 10.2 Å². The number of thiazole rings is 1. The van der Waals surface area contributed by atoms with Gasteiger partial charge in [0.25, 0.3) is 5.91 Å². The van der Waals surface area contributed by atoms with Gasteiger partial charge in [-0.25, -0.2) is 8.42 Å². The molecule has 12 heteroatoms. The first kappa shape index (κ1) is 20.3. The smallest absolute Gasteiger partial charge is 0.305 e. The van der Waals surface area contributed by atoms with Crippen molar-refractivity contribution in [1.82, 2.24) is 19.5 Å². The number of sulfonamides is 1. The fourth-order valence-corrected chi connectivity index (χ4v) is 5.47. The molecule has 1 fully saturated rings. The number of amides is 2. The minimum atomic E-state index is -3.74. The number of benzene rings is 1. The van der Waals surface area contributed by atoms with Crippen LogP contribution < -0.4 is 10.2 Å². The molecule has 0 radical (unpaired) electrons. The number of piperazine rings is 1. The lowest BCUT2D eigenvalue weighted by molar-refractivity contribution is -0.131. The molecule has 0 unspecified atom stereocenters. The van der Waals surface area contributed by atoms with E-state index in [1.165, 1.54) is 33.7 Å². The molecule has 0 atom stereocenters. The number of fused-ring (bicyclic) bond motifs is 1. The molecule has 1 aliphatic heterocycles. The first-order chi connectivity index (χ1) is 14.3. The molecule has 0 aliphatic carbocycles. The first-order valence-corrected chi connectivity index (χ1v) is 11.3. The number of nitrogens with one attached hydrogen (secondary N) is 2. The van der Waals surface area contributed by atoms with E-state index in [2.05, 4.69) is 10.3 Å². The van der Waals surface area contributed by atoms with Crippen molar-refractivity contribution in [3.05, 3.63) is 52.0 Å². The largest absolute Gasteiger partial charge is 0.459 e. The predicted octanol–water partition coefficient (Wildman–Crippen LogP) is 0.446. The van der Waals surface area contributed by atoms with Crippen LogP contribution in [0.2, 0.25) is 0 Å². The molecular formula is C18H18N4O6S2. The standard InChI is InChI=1S/C18H18N4O6S2/c23-16(11-19-17(24)14-2-1-9-28-14)21-5-7-22(8-6-21)30(26,27)12-3-4-13-15(10-12)29-18(25)20-13/h1-4,9-10H,5-8,11H2,(H,19,24)(H,20,25). The third-order valence-corrected chi connectivity index (χ3v) is 7.51. The van der Waals surface area contributed by atoms with Crippen molar-refractivity contribution >= 4 is 43.4 Å². The third-order valence-electron chi connectivity index (χ3n) is 4.77. The van der Waals surface area contributed by atoms with Gasteiger partial charge >= 0.3 is 4.87 Å². The lowest BCUT2D eigenvalue weighted by atomic mass is 10.3. The number of hydrogen-bond donors (Lipinski definition) is 2. The number of H-pyrrole nitrogens is 1. The van der Waals surface area contributed by atoms with Gasteiger partial charge in [0.2, 0.25) is 15.9 Å². The summed E-state index contributed by atoms with van der Waals surface area (Å²) in [6, 6.07) is 7.58. The lowest BCUT2D eigenvalue weighted by Gasteiger charge is -2.34. The number of aromatic amines is 1. The maximum Gasteiger partial charge on any atom is 0.305 e. The molecule has 10 nitrogen and oxygen atoms in total. The van der Waals surface area contributed by atoms with E-state index >= 15 is 0 Å². The fourth-order valence-electron chi connectivity index (χ4n) is 3.18. The van der Waals surface area contributed by atoms with Crippen molar-refractivity contribution in [3.8, 4) is 0 Å². The Morgan fingerprint density at radius 2 is 1.93 bits per heavy atom. The molecule has 0 saturated carbocycles. The zero-order chi connectivity index (χ0) is 21.3. The van der Waals surface area contributed by atoms with Gasteiger partial charge in [0.15, 0.2) is 5.76 Å². The Morgan fingerprint density at radius 1 is 1.17 bits per heavy atom. The highest BCUT2D eigenvalue weighted by molar-refractivity contribution is 7.89. The van der Waals surface area contributed by atoms with Crippen molar-refractivity contribution < 1.29 is 22.4 Å². The van der Waals surface area contributed by atoms with E-state index in [-0.39, 0.29) is 54.2 Å². The molecular weight excluding hydrogens is 432 g/mol. The number of carbonyl (C=O) groups excluding carboxylic acids is 2. The second-order valence-corrected chi connectivity index (χ2v) is 9.57. The average molecular weight is 450 g/mol. The summed E-state index contributed by atoms with van der Waals surface area (Å²) >= 11 is 0.952. The van der Waals surface area contributed by atoms with Gasteiger partial charge in [0.05, 0.1) is 27.9 Å². The number of furan rings is 1. The molecule has 2 N–H and O–H groups in total. The highest BCUT2D eigenvalue weighted by Gasteiger charge is 2.30. The van der Waals surface area contributed by atoms with E-state index in [0.717, 1.165) is 11.3 Å². The topological polar surface area (TPSA) is 133 Å². The molecule has 1 aliphatic rings. The zero-order valence-corrected chi connectivity index (χ0v) is 17.3. The van der Waals surface area contributed by atoms with Gasteiger partial charge < -0.3 is 19.6 Å². The van der Waals surface area contributed by atoms with Crippen LogP contribution in [-0.4, -0.2) is 67.1 Å². The van der Waals surface area contributed by atoms with Gasteiger partial charge in [-0.1, -0.05) is 11.3 Å². The maximum absolute atomic E-state index is 12.9. The highest BCUT2D eigenvalue weighted by Crippen LogP contribution is 2.23. The summed E-state index contributed by atoms with van der Waals surface area (Å²) in [5, 5.41) is 2.49. The second kappa shape index (κ2) is 8.05. The van der Waals surface area contributed by atoms with Gasteiger partial charge in [-0.05, 0) is 30.3 Å². The van der Waals surface area contributed by atoms with E-state index in [1.807, 2.05) is 0 Å². The molecule has 0 spiro atoms. The normalized spacial score (nSPS) is 15.4. The summed E-state index contributed by atoms with van der Waals surface area (Å²) in [5.74, 6) is -0.675. The summed E-state index contributed by atoms with van der Waals surface area (Å²) in [7, 11) is -3.74. The van der Waals surface area contributed by atoms with Crippen molar-refractivity contribution in [2.24, 2.45) is 0 Å². The summed E-state index contributed by atoms with van der Waals surface area (Å²) in [6.07, 6.45) is 1.37. The quantitative estimate of drug-likeness (QED) is 0.580. The van der Waals surface area contributed by atoms with Crippen molar-refractivity contribution in [2.45, 2.75) is 4.90 Å². The van der Waals surface area contributed by atoms with E-state index < -0.39 is 15.9 Å². The van der Waals surface area contributed by atoms with Crippen LogP contribution in [-0.2, 0) is 14.8 Å². The Morgan fingerprint density at radius 3 is 2.63 bits per heavy atom. The third kappa shape index (κ3) is 4.01. The van der Waals surface area contributed by atoms with Crippen LogP contribution in [0.4, 0.5) is 0 Å². The van der Waals surface area contributed by atoms with Gasteiger partial charge in [-0.3, -0.25) is 14.4 Å². The van der Waals surface area contributed by atoms with Crippen LogP contribution >= 0.6 is 11.3 Å². The molecule has 3 aromatic rings. The summed E-state index contributed by atoms with van der Waals surface area (Å²) < 4.78 is 32.7. The van der Waals surface area contributed by atoms with E-state index in [4.69, 9.17) is 4.42 Å². The van der Waals surface area contributed by atoms with Gasteiger partial charge in [-0.2, -0.15) is 4.31 Å². The molecule has 0 bridgehead atoms. The number of hydrogen-bond acceptors (Lipinski definition) is 7. The van der Waals surface area contributed by atoms with Crippen molar-refractivity contribution in [1.29, 1.82) is 0 Å². The van der Waals surface area contributed by atoms with Gasteiger partial charge in [0.1, 0.15) is 0 Å². The second-order valence-electron chi connectivity index (χ2n) is 6.62. The molecule has 158 valence electrons. The van der Waals surface area contributed by atoms with Crippen LogP contribution in [0.15, 0.2) is 50.7 Å². The van der Waals surface area contributed by atoms with Gasteiger partial charge in [0, 0.05) is 26.2 Å². The molecule has 4 rings (SSSR count). The highest BCUT2D eigenvalue weighted by atomic mass is 32.2. The lowest BCUT2D eigenvalue weighted by Crippen LogP contribution is -2.52. The summed E-state index contributed by atoms with van der Waals surface area (Å²) in [4.78, 5) is 39.6. The van der Waals surface area contributed by atoms with Crippen LogP contribution in [0.1, 0.15) is 10.6 Å². The Hall–Kier alpha value is -2.96. The van der Waals surface area contributed by atoms with E-state index in [1.54, 1.807) is 12.1 Å². The summed E-state index contributed by atoms with van der Waals surface area (Å²) in [5.41, 5.74) is 0.593. The predicted molar refractivity (Wildman–Crippen MR) is 109 cm³/mol. The van der Waals surface area contributed by atoms with Crippen LogP contribution in [0, 0.1) is 0 Å². The molecule has 2 amide bonds. The monoisotopic (exact) mass is 450 g/mol. The number of nitrogens with zero attached hydrogens (tertiary/aromatic N) is 2. The van der Waals surface area contributed by atoms with Crippen molar-refractivity contribution in [2.75, 3.05) is 32.7 Å².